The summed E-state index contributed by atoms with van der Waals surface area (Å²) in [5, 5.41) is 10.6. The molecule has 3 aromatic heterocycles. The highest BCUT2D eigenvalue weighted by Crippen LogP contribution is 2.27. The Bertz CT molecular complexity index is 1210. The molecule has 0 unspecified atom stereocenters. The predicted molar refractivity (Wildman–Crippen MR) is 119 cm³/mol. The number of ether oxygens (including phenoxy) is 1. The fourth-order valence-electron chi connectivity index (χ4n) is 2.98. The van der Waals surface area contributed by atoms with Crippen molar-refractivity contribution in [2.45, 2.75) is 12.9 Å². The molecule has 0 amide bonds. The number of aromatic nitrogens is 4. The van der Waals surface area contributed by atoms with E-state index in [-0.39, 0.29) is 17.3 Å². The van der Waals surface area contributed by atoms with E-state index < -0.39 is 12.7 Å². The Morgan fingerprint density at radius 3 is 2.81 bits per heavy atom. The van der Waals surface area contributed by atoms with Gasteiger partial charge in [0, 0.05) is 17.1 Å². The number of furan rings is 1. The number of nitrogens with one attached hydrogen (secondary N) is 2. The molecule has 0 saturated carbocycles. The summed E-state index contributed by atoms with van der Waals surface area (Å²) in [5.41, 5.74) is 2.05. The van der Waals surface area contributed by atoms with E-state index in [1.165, 1.54) is 6.26 Å². The molecule has 4 rings (SSSR count). The van der Waals surface area contributed by atoms with Crippen LogP contribution in [0.25, 0.3) is 22.0 Å². The minimum absolute atomic E-state index is 0.0368. The van der Waals surface area contributed by atoms with Gasteiger partial charge in [-0.2, -0.15) is 23.3 Å². The fourth-order valence-corrected chi connectivity index (χ4v) is 3.43. The summed E-state index contributed by atoms with van der Waals surface area (Å²) >= 11 is 0. The largest absolute Gasteiger partial charge is 0.459 e. The van der Waals surface area contributed by atoms with Crippen molar-refractivity contribution < 1.29 is 22.3 Å². The lowest BCUT2D eigenvalue weighted by molar-refractivity contribution is -0.115. The number of benzene rings is 1. The highest BCUT2D eigenvalue weighted by Gasteiger charge is 2.27. The molecule has 0 saturated heterocycles. The summed E-state index contributed by atoms with van der Waals surface area (Å²) in [6.07, 6.45) is 3.04. The lowest BCUT2D eigenvalue weighted by Gasteiger charge is -2.11. The first kappa shape index (κ1) is 22.2. The smallest absolute Gasteiger partial charge is 0.405 e. The van der Waals surface area contributed by atoms with Gasteiger partial charge in [-0.15, -0.1) is 0 Å². The summed E-state index contributed by atoms with van der Waals surface area (Å²) in [4.78, 5) is 8.48. The van der Waals surface area contributed by atoms with Crippen LogP contribution in [0.15, 0.2) is 41.1 Å². The monoisotopic (exact) mass is 467 g/mol. The van der Waals surface area contributed by atoms with Crippen LogP contribution in [0.4, 0.5) is 30.6 Å². The molecule has 1 aromatic carbocycles. The van der Waals surface area contributed by atoms with Crippen LogP contribution in [-0.4, -0.2) is 57.3 Å². The molecule has 170 valence electrons. The number of hydrogen-bond acceptors (Lipinski definition) is 7. The zero-order chi connectivity index (χ0) is 22.7. The Kier molecular flexibility index (Phi) is 6.42. The van der Waals surface area contributed by atoms with E-state index in [4.69, 9.17) is 9.15 Å². The Labute approximate surface area is 184 Å². The van der Waals surface area contributed by atoms with Gasteiger partial charge in [-0.1, -0.05) is 0 Å². The lowest BCUT2D eigenvalue weighted by atomic mass is 10.2. The van der Waals surface area contributed by atoms with Crippen LogP contribution < -0.4 is 10.6 Å². The highest BCUT2D eigenvalue weighted by atomic mass is 32.2. The van der Waals surface area contributed by atoms with Gasteiger partial charge in [0.15, 0.2) is 11.4 Å². The normalized spacial score (nSPS) is 12.2. The number of alkyl halides is 3. The summed E-state index contributed by atoms with van der Waals surface area (Å²) in [6, 6.07) is 7.13. The molecular formula is C20H22F3N6O2S+. The van der Waals surface area contributed by atoms with Gasteiger partial charge in [-0.05, 0) is 29.1 Å². The van der Waals surface area contributed by atoms with Gasteiger partial charge in [0.2, 0.25) is 5.95 Å². The lowest BCUT2D eigenvalue weighted by Crippen LogP contribution is -2.22. The maximum absolute atomic E-state index is 12.7. The van der Waals surface area contributed by atoms with Crippen LogP contribution in [-0.2, 0) is 22.4 Å². The summed E-state index contributed by atoms with van der Waals surface area (Å²) in [7, 11) is 0.314. The SMILES string of the molecule is C[S+](C)CCOCn1ncc2ccc(Nc3nc(NCC(F)(F)F)c4occc4n3)cc21. The zero-order valence-electron chi connectivity index (χ0n) is 17.4. The molecule has 0 bridgehead atoms. The van der Waals surface area contributed by atoms with E-state index >= 15 is 0 Å². The summed E-state index contributed by atoms with van der Waals surface area (Å²) in [6.45, 7) is -0.253. The second-order valence-corrected chi connectivity index (χ2v) is 9.65. The second kappa shape index (κ2) is 9.25. The van der Waals surface area contributed by atoms with E-state index in [2.05, 4.69) is 38.2 Å². The van der Waals surface area contributed by atoms with Gasteiger partial charge < -0.3 is 19.8 Å². The van der Waals surface area contributed by atoms with E-state index in [0.29, 0.717) is 35.4 Å². The average Bonchev–Trinajstić information content (AvgIpc) is 3.35. The third-order valence-electron chi connectivity index (χ3n) is 4.51. The van der Waals surface area contributed by atoms with Crippen molar-refractivity contribution >= 4 is 50.4 Å². The van der Waals surface area contributed by atoms with Gasteiger partial charge in [-0.25, -0.2) is 9.67 Å². The molecule has 0 spiro atoms. The third kappa shape index (κ3) is 5.43. The zero-order valence-corrected chi connectivity index (χ0v) is 18.3. The van der Waals surface area contributed by atoms with Gasteiger partial charge in [0.05, 0.1) is 37.1 Å². The predicted octanol–water partition coefficient (Wildman–Crippen LogP) is 4.14. The Morgan fingerprint density at radius 2 is 2.03 bits per heavy atom. The number of rotatable bonds is 9. The summed E-state index contributed by atoms with van der Waals surface area (Å²) in [5.74, 6) is 1.10. The van der Waals surface area contributed by atoms with E-state index in [9.17, 15) is 13.2 Å². The number of nitrogens with zero attached hydrogens (tertiary/aromatic N) is 4. The van der Waals surface area contributed by atoms with Crippen LogP contribution in [0, 0.1) is 0 Å². The maximum atomic E-state index is 12.7. The van der Waals surface area contributed by atoms with Crippen LogP contribution in [0.2, 0.25) is 0 Å². The fraction of sp³-hybridized carbons (Fsp3) is 0.350. The minimum Gasteiger partial charge on any atom is -0.459 e. The first-order valence-corrected chi connectivity index (χ1v) is 11.9. The van der Waals surface area contributed by atoms with Gasteiger partial charge >= 0.3 is 6.18 Å². The molecule has 0 aliphatic carbocycles. The Morgan fingerprint density at radius 1 is 1.19 bits per heavy atom. The molecular weight excluding hydrogens is 445 g/mol. The standard InChI is InChI=1S/C20H22F3N6O2S/c1-32(2)8-7-30-12-29-16-9-14(4-3-13(16)10-25-29)26-19-27-15-5-6-31-17(15)18(28-19)24-11-20(21,22)23/h3-6,9-10H,7-8,11-12H2,1-2H3,(H2,24,26,27,28)/q+1. The van der Waals surface area contributed by atoms with Gasteiger partial charge in [0.25, 0.3) is 0 Å². The number of hydrogen-bond donors (Lipinski definition) is 2. The molecule has 0 aliphatic rings. The first-order chi connectivity index (χ1) is 15.3. The molecule has 0 aliphatic heterocycles. The molecule has 32 heavy (non-hydrogen) atoms. The quantitative estimate of drug-likeness (QED) is 0.282. The number of halogens is 3. The van der Waals surface area contributed by atoms with Crippen molar-refractivity contribution in [3.63, 3.8) is 0 Å². The molecule has 4 aromatic rings. The maximum Gasteiger partial charge on any atom is 0.405 e. The Hall–Kier alpha value is -2.99. The first-order valence-electron chi connectivity index (χ1n) is 9.69. The van der Waals surface area contributed by atoms with E-state index in [1.807, 2.05) is 18.2 Å². The highest BCUT2D eigenvalue weighted by molar-refractivity contribution is 7.95. The van der Waals surface area contributed by atoms with Crippen molar-refractivity contribution in [3.05, 3.63) is 36.7 Å². The van der Waals surface area contributed by atoms with Gasteiger partial charge in [-0.3, -0.25) is 0 Å². The Balaban J connectivity index is 1.54. The van der Waals surface area contributed by atoms with E-state index in [0.717, 1.165) is 16.7 Å². The summed E-state index contributed by atoms with van der Waals surface area (Å²) < 4.78 is 50.7. The minimum atomic E-state index is -4.39. The number of anilines is 3. The van der Waals surface area contributed by atoms with E-state index in [1.54, 1.807) is 16.9 Å². The van der Waals surface area contributed by atoms with Gasteiger partial charge in [0.1, 0.15) is 24.5 Å². The topological polar surface area (TPSA) is 90.0 Å². The molecule has 0 fully saturated rings. The van der Waals surface area contributed by atoms with Crippen molar-refractivity contribution in [2.75, 3.05) is 42.0 Å². The molecule has 3 heterocycles. The molecule has 8 nitrogen and oxygen atoms in total. The van der Waals surface area contributed by atoms with Crippen LogP contribution in [0.1, 0.15) is 0 Å². The van der Waals surface area contributed by atoms with Crippen molar-refractivity contribution in [1.29, 1.82) is 0 Å². The molecule has 2 N–H and O–H groups in total. The second-order valence-electron chi connectivity index (χ2n) is 7.27. The number of fused-ring (bicyclic) bond motifs is 2. The average molecular weight is 467 g/mol. The van der Waals surface area contributed by atoms with Crippen LogP contribution in [0.3, 0.4) is 0 Å². The molecule has 12 heteroatoms. The van der Waals surface area contributed by atoms with Crippen LogP contribution in [0.5, 0.6) is 0 Å². The third-order valence-corrected chi connectivity index (χ3v) is 5.49. The van der Waals surface area contributed by atoms with Crippen LogP contribution >= 0.6 is 0 Å². The van der Waals surface area contributed by atoms with Crippen molar-refractivity contribution in [2.24, 2.45) is 0 Å². The molecule has 0 radical (unpaired) electrons. The van der Waals surface area contributed by atoms with Crippen molar-refractivity contribution in [1.82, 2.24) is 19.7 Å². The van der Waals surface area contributed by atoms with Crippen molar-refractivity contribution in [3.8, 4) is 0 Å². The molecule has 0 atom stereocenters.